The average Bonchev–Trinajstić information content (AvgIpc) is 1.53. The zero-order chi connectivity index (χ0) is 70.7. The fourth-order valence-corrected chi connectivity index (χ4v) is 29.4. The standard InChI is InChI=1S/C44H30N4S6.C42H26N4S6/c1-21-15-29-33(49-21)19-35(51-29)31-17-27-41(47-45-25-11-7-5-8-12-25)37-24(4)40-38(23(3)39(37)43(27)53-31)42(48-46-26-13-9-6-10-14-26)28-18-32(54-44(28)40)36-20-34-30(52-36)16-22(2)50-34;1-21-13-31-35(47-21)19-37(49-31)33-17-29-39(45-43-23-9-5-3-6-10-23)25-16-28-26(15-27(25)41(29)51-33)40(46-44-24-11-7-4-8-12-24)30-18-34(52-42(28)30)38-20-36-32(50-38)14-22(2)48-36/h5-20,45-46H,1-4H3;3-20,43-44H,1-2H3/b47-41+,48-42+;45-39-,46-40-. The van der Waals surface area contributed by atoms with Gasteiger partial charge in [0.05, 0.1) is 33.5 Å². The van der Waals surface area contributed by atoms with Crippen LogP contribution in [0.1, 0.15) is 30.6 Å². The van der Waals surface area contributed by atoms with E-state index in [-0.39, 0.29) is 0 Å². The molecule has 106 heavy (non-hydrogen) atoms. The van der Waals surface area contributed by atoms with E-state index in [1.807, 2.05) is 209 Å². The van der Waals surface area contributed by atoms with Crippen molar-refractivity contribution in [3.63, 3.8) is 0 Å². The molecule has 0 radical (unpaired) electrons. The van der Waals surface area contributed by atoms with E-state index in [0.717, 1.165) is 55.0 Å². The molecule has 0 aliphatic carbocycles. The molecular weight excluding hydrogens is 1530 g/mol. The molecule has 0 spiro atoms. The van der Waals surface area contributed by atoms with E-state index < -0.39 is 0 Å². The lowest BCUT2D eigenvalue weighted by Gasteiger charge is -2.08. The van der Waals surface area contributed by atoms with E-state index in [0.29, 0.717) is 0 Å². The van der Waals surface area contributed by atoms with Crippen molar-refractivity contribution in [1.29, 1.82) is 0 Å². The molecule has 22 aromatic rings. The van der Waals surface area contributed by atoms with Crippen LogP contribution in [0.5, 0.6) is 0 Å². The third-order valence-electron chi connectivity index (χ3n) is 19.6. The maximum atomic E-state index is 5.23. The fourth-order valence-electron chi connectivity index (χ4n) is 14.9. The number of rotatable bonds is 12. The third-order valence-corrected chi connectivity index (χ3v) is 33.9. The monoisotopic (exact) mass is 1580 g/mol. The topological polar surface area (TPSA) is 97.6 Å². The summed E-state index contributed by atoms with van der Waals surface area (Å²) in [5.74, 6) is 0. The van der Waals surface area contributed by atoms with E-state index in [4.69, 9.17) is 20.4 Å². The average molecular weight is 1590 g/mol. The van der Waals surface area contributed by atoms with Crippen LogP contribution in [0.4, 0.5) is 22.7 Å². The van der Waals surface area contributed by atoms with Crippen molar-refractivity contribution < 1.29 is 0 Å². The lowest BCUT2D eigenvalue weighted by Crippen LogP contribution is -2.07. The van der Waals surface area contributed by atoms with Gasteiger partial charge in [-0.15, -0.1) is 136 Å². The summed E-state index contributed by atoms with van der Waals surface area (Å²) in [7, 11) is 0. The van der Waals surface area contributed by atoms with Crippen LogP contribution in [0.15, 0.2) is 227 Å². The molecule has 20 heteroatoms. The zero-order valence-electron chi connectivity index (χ0n) is 57.3. The molecule has 10 aromatic carbocycles. The van der Waals surface area contributed by atoms with Gasteiger partial charge in [-0.2, -0.15) is 20.4 Å². The first-order valence-electron chi connectivity index (χ1n) is 34.4. The minimum absolute atomic E-state index is 0.966. The lowest BCUT2D eigenvalue weighted by atomic mass is 9.98. The number of aryl methyl sites for hydroxylation is 6. The van der Waals surface area contributed by atoms with E-state index in [1.165, 1.54) is 180 Å². The van der Waals surface area contributed by atoms with Crippen molar-refractivity contribution >= 4 is 280 Å². The van der Waals surface area contributed by atoms with Crippen molar-refractivity contribution in [2.24, 2.45) is 20.4 Å². The molecule has 0 aliphatic heterocycles. The fraction of sp³-hybridized carbons (Fsp3) is 0.0698. The Morgan fingerprint density at radius 1 is 0.208 bits per heavy atom. The lowest BCUT2D eigenvalue weighted by molar-refractivity contribution is 1.25. The number of nitrogens with one attached hydrogen (secondary N) is 4. The first kappa shape index (κ1) is 65.0. The number of anilines is 4. The van der Waals surface area contributed by atoms with Crippen molar-refractivity contribution in [3.8, 4) is 39.0 Å². The van der Waals surface area contributed by atoms with Gasteiger partial charge < -0.3 is 0 Å². The Labute approximate surface area is 654 Å². The summed E-state index contributed by atoms with van der Waals surface area (Å²) in [6, 6.07) is 73.9. The minimum atomic E-state index is 0.966. The molecule has 0 atom stereocenters. The van der Waals surface area contributed by atoms with Gasteiger partial charge in [0.1, 0.15) is 10.7 Å². The second kappa shape index (κ2) is 25.7. The minimum Gasteiger partial charge on any atom is -0.278 e. The van der Waals surface area contributed by atoms with Crippen molar-refractivity contribution in [1.82, 2.24) is 0 Å². The Balaban J connectivity index is 0.000000136. The summed E-state index contributed by atoms with van der Waals surface area (Å²) in [6.07, 6.45) is 0. The highest BCUT2D eigenvalue weighted by atomic mass is 32.1. The molecule has 512 valence electrons. The summed E-state index contributed by atoms with van der Waals surface area (Å²) in [4.78, 5) is 15.8. The number of hydrogen-bond donors (Lipinski definition) is 4. The first-order chi connectivity index (χ1) is 51.9. The first-order valence-corrected chi connectivity index (χ1v) is 44.2. The maximum Gasteiger partial charge on any atom is 0.100 e. The molecule has 22 rings (SSSR count). The summed E-state index contributed by atoms with van der Waals surface area (Å²) in [5.41, 5.74) is 20.0. The predicted octanol–water partition coefficient (Wildman–Crippen LogP) is 27.9. The molecule has 0 amide bonds. The van der Waals surface area contributed by atoms with Crippen LogP contribution in [0.25, 0.3) is 160 Å². The van der Waals surface area contributed by atoms with Gasteiger partial charge in [0.15, 0.2) is 0 Å². The number of hydrogen-bond acceptors (Lipinski definition) is 20. The van der Waals surface area contributed by atoms with Crippen LogP contribution in [0.2, 0.25) is 0 Å². The quantitative estimate of drug-likeness (QED) is 0.0916. The Bertz CT molecular complexity index is 6960. The molecule has 4 N–H and O–H groups in total. The number of para-hydroxylation sites is 4. The highest BCUT2D eigenvalue weighted by molar-refractivity contribution is 7.35. The van der Waals surface area contributed by atoms with Gasteiger partial charge in [-0.05, 0) is 186 Å². The highest BCUT2D eigenvalue weighted by Gasteiger charge is 2.27. The number of benzene rings is 6. The predicted molar refractivity (Wildman–Crippen MR) is 475 cm³/mol. The largest absolute Gasteiger partial charge is 0.278 e. The van der Waals surface area contributed by atoms with Crippen molar-refractivity contribution in [2.75, 3.05) is 21.7 Å². The highest BCUT2D eigenvalue weighted by Crippen LogP contribution is 2.51. The molecular formula is C86H56N8S12. The van der Waals surface area contributed by atoms with E-state index >= 15 is 0 Å². The van der Waals surface area contributed by atoms with Gasteiger partial charge in [0, 0.05) is 180 Å². The molecule has 12 heterocycles. The van der Waals surface area contributed by atoms with Gasteiger partial charge in [-0.3, -0.25) is 21.7 Å². The Hall–Kier alpha value is -9.36. The Morgan fingerprint density at radius 3 is 0.736 bits per heavy atom. The molecule has 0 saturated heterocycles. The van der Waals surface area contributed by atoms with E-state index in [1.54, 1.807) is 0 Å². The number of thiophene rings is 12. The SMILES string of the molecule is Cc1cc2sc(-c3cc4/c(=N\Nc5ccccc5)c5c(C)c6c(c(C)c5c4s3)/c(=N/Nc3ccccc3)c3cc(-c4cc5sc(C)cc5s4)sc36)cc2s1.Cc1cc2sc(-c3cc4/c(=N\Nc5ccccc5)c5cc6c(cc5c4s3)/c(=N/Nc3ccccc3)c3cc(-c4cc5sc(C)cc5s4)sc36)cc2s1. The van der Waals surface area contributed by atoms with Crippen molar-refractivity contribution in [3.05, 3.63) is 258 Å². The maximum absolute atomic E-state index is 5.23. The van der Waals surface area contributed by atoms with Crippen LogP contribution in [0, 0.1) is 41.5 Å². The summed E-state index contributed by atoms with van der Waals surface area (Å²) >= 11 is 22.5. The second-order valence-electron chi connectivity index (χ2n) is 26.6. The third kappa shape index (κ3) is 11.0. The molecule has 0 saturated carbocycles. The van der Waals surface area contributed by atoms with Crippen LogP contribution in [-0.4, -0.2) is 0 Å². The summed E-state index contributed by atoms with van der Waals surface area (Å²) in [6.45, 7) is 13.3. The van der Waals surface area contributed by atoms with Gasteiger partial charge >= 0.3 is 0 Å². The van der Waals surface area contributed by atoms with Crippen LogP contribution < -0.4 is 43.1 Å². The van der Waals surface area contributed by atoms with Gasteiger partial charge in [-0.25, -0.2) is 0 Å². The number of fused-ring (bicyclic) bond motifs is 16. The van der Waals surface area contributed by atoms with Crippen LogP contribution in [-0.2, 0) is 0 Å². The summed E-state index contributed by atoms with van der Waals surface area (Å²) < 4.78 is 16.0. The van der Waals surface area contributed by atoms with Crippen LogP contribution >= 0.6 is 136 Å². The summed E-state index contributed by atoms with van der Waals surface area (Å²) in [5, 5.41) is 39.1. The Morgan fingerprint density at radius 2 is 0.453 bits per heavy atom. The normalized spacial score (nSPS) is 13.0. The smallest absolute Gasteiger partial charge is 0.100 e. The zero-order valence-corrected chi connectivity index (χ0v) is 67.1. The molecule has 12 aromatic heterocycles. The van der Waals surface area contributed by atoms with Gasteiger partial charge in [0.2, 0.25) is 0 Å². The number of nitrogens with zero attached hydrogens (tertiary/aromatic N) is 4. The van der Waals surface area contributed by atoms with E-state index in [2.05, 4.69) is 197 Å². The second-order valence-corrected chi connectivity index (χ2v) is 40.3. The molecule has 0 aliphatic rings. The molecule has 8 nitrogen and oxygen atoms in total. The van der Waals surface area contributed by atoms with Crippen molar-refractivity contribution in [2.45, 2.75) is 41.5 Å². The van der Waals surface area contributed by atoms with Gasteiger partial charge in [0.25, 0.3) is 0 Å². The van der Waals surface area contributed by atoms with Gasteiger partial charge in [-0.1, -0.05) is 72.8 Å². The van der Waals surface area contributed by atoms with Crippen LogP contribution in [0.3, 0.4) is 0 Å². The van der Waals surface area contributed by atoms with E-state index in [9.17, 15) is 0 Å². The molecule has 0 fully saturated rings. The molecule has 0 bridgehead atoms. The molecule has 0 unspecified atom stereocenters. The Kier molecular flexibility index (Phi) is 15.7.